The molecule has 0 unspecified atom stereocenters. The molecule has 190 valence electrons. The number of aliphatic imine (C=N–C) groups is 1. The third-order valence-corrected chi connectivity index (χ3v) is 5.83. The SMILES string of the molecule is COC.Cc1cnc(NC=O)cc1N=C/C(=C(\N)c1cc(CN2CCCC2)ccc1Cl)c1ncn[nH]1. The van der Waals surface area contributed by atoms with Crippen molar-refractivity contribution in [2.24, 2.45) is 10.7 Å². The zero-order chi connectivity index (χ0) is 25.9. The first-order chi connectivity index (χ1) is 17.5. The summed E-state index contributed by atoms with van der Waals surface area (Å²) in [7, 11) is 3.25. The Morgan fingerprint density at radius 3 is 2.69 bits per heavy atom. The molecule has 1 saturated heterocycles. The van der Waals surface area contributed by atoms with Crippen LogP contribution in [0, 0.1) is 6.92 Å². The number of carbonyl (C=O) groups excluding carboxylic acids is 1. The molecule has 1 aliphatic rings. The molecule has 4 rings (SSSR count). The minimum absolute atomic E-state index is 0.401. The second kappa shape index (κ2) is 13.5. The Bertz CT molecular complexity index is 1200. The minimum atomic E-state index is 0.401. The quantitative estimate of drug-likeness (QED) is 0.309. The Hall–Kier alpha value is -3.60. The number of halogens is 1. The van der Waals surface area contributed by atoms with Crippen molar-refractivity contribution in [1.29, 1.82) is 0 Å². The van der Waals surface area contributed by atoms with E-state index in [1.807, 2.05) is 25.1 Å². The molecule has 4 N–H and O–H groups in total. The summed E-state index contributed by atoms with van der Waals surface area (Å²) in [4.78, 5) is 26.2. The number of aromatic nitrogens is 4. The number of allylic oxidation sites excluding steroid dienone is 1. The first-order valence-electron chi connectivity index (χ1n) is 11.4. The maximum Gasteiger partial charge on any atom is 0.212 e. The van der Waals surface area contributed by atoms with Crippen molar-refractivity contribution < 1.29 is 9.53 Å². The second-order valence-electron chi connectivity index (χ2n) is 8.24. The van der Waals surface area contributed by atoms with Gasteiger partial charge < -0.3 is 15.8 Å². The van der Waals surface area contributed by atoms with Crippen molar-refractivity contribution in [3.8, 4) is 0 Å². The van der Waals surface area contributed by atoms with E-state index in [0.29, 0.717) is 45.6 Å². The van der Waals surface area contributed by atoms with Crippen LogP contribution in [0.3, 0.4) is 0 Å². The van der Waals surface area contributed by atoms with Gasteiger partial charge in [0.2, 0.25) is 6.41 Å². The number of likely N-dealkylation sites (tertiary alicyclic amines) is 1. The molecule has 1 fully saturated rings. The Morgan fingerprint density at radius 1 is 1.28 bits per heavy atom. The lowest BCUT2D eigenvalue weighted by molar-refractivity contribution is -0.105. The number of anilines is 1. The van der Waals surface area contributed by atoms with Crippen molar-refractivity contribution in [2.75, 3.05) is 32.6 Å². The summed E-state index contributed by atoms with van der Waals surface area (Å²) >= 11 is 6.54. The fraction of sp³-hybridized carbons (Fsp3) is 0.320. The summed E-state index contributed by atoms with van der Waals surface area (Å²) in [5, 5.41) is 9.88. The average molecular weight is 511 g/mol. The molecule has 1 amide bonds. The smallest absolute Gasteiger partial charge is 0.212 e. The molecule has 1 aromatic carbocycles. The van der Waals surface area contributed by atoms with Crippen molar-refractivity contribution in [3.05, 3.63) is 64.3 Å². The summed E-state index contributed by atoms with van der Waals surface area (Å²) in [6.45, 7) is 4.94. The normalized spacial score (nSPS) is 14.3. The number of rotatable bonds is 8. The fourth-order valence-electron chi connectivity index (χ4n) is 3.74. The van der Waals surface area contributed by atoms with Crippen LogP contribution < -0.4 is 11.1 Å². The van der Waals surface area contributed by atoms with E-state index >= 15 is 0 Å². The predicted octanol–water partition coefficient (Wildman–Crippen LogP) is 3.82. The summed E-state index contributed by atoms with van der Waals surface area (Å²) in [6.07, 6.45) is 7.69. The van der Waals surface area contributed by atoms with Crippen molar-refractivity contribution in [3.63, 3.8) is 0 Å². The molecule has 3 aromatic rings. The van der Waals surface area contributed by atoms with Crippen LogP contribution in [0.1, 0.15) is 35.4 Å². The number of nitrogens with zero attached hydrogens (tertiary/aromatic N) is 5. The number of benzene rings is 1. The van der Waals surface area contributed by atoms with Gasteiger partial charge in [-0.15, -0.1) is 0 Å². The Labute approximate surface area is 215 Å². The van der Waals surface area contributed by atoms with E-state index in [9.17, 15) is 4.79 Å². The lowest BCUT2D eigenvalue weighted by atomic mass is 10.0. The summed E-state index contributed by atoms with van der Waals surface area (Å²) in [5.74, 6) is 0.869. The van der Waals surface area contributed by atoms with E-state index in [4.69, 9.17) is 17.3 Å². The van der Waals surface area contributed by atoms with Gasteiger partial charge in [-0.25, -0.2) is 9.97 Å². The van der Waals surface area contributed by atoms with E-state index in [0.717, 1.165) is 30.8 Å². The van der Waals surface area contributed by atoms with Crippen molar-refractivity contribution in [1.82, 2.24) is 25.1 Å². The Morgan fingerprint density at radius 2 is 2.03 bits per heavy atom. The third kappa shape index (κ3) is 7.20. The Kier molecular flexibility index (Phi) is 10.1. The number of aromatic amines is 1. The van der Waals surface area contributed by atoms with Gasteiger partial charge in [0.25, 0.3) is 0 Å². The summed E-state index contributed by atoms with van der Waals surface area (Å²) in [6, 6.07) is 7.60. The van der Waals surface area contributed by atoms with Gasteiger partial charge in [0.05, 0.1) is 17.0 Å². The molecule has 10 nitrogen and oxygen atoms in total. The van der Waals surface area contributed by atoms with Gasteiger partial charge in [-0.3, -0.25) is 19.8 Å². The van der Waals surface area contributed by atoms with Gasteiger partial charge in [0, 0.05) is 49.8 Å². The number of nitrogens with one attached hydrogen (secondary N) is 2. The lowest BCUT2D eigenvalue weighted by Gasteiger charge is -2.16. The zero-order valence-corrected chi connectivity index (χ0v) is 21.4. The third-order valence-electron chi connectivity index (χ3n) is 5.50. The van der Waals surface area contributed by atoms with Crippen LogP contribution in [-0.2, 0) is 16.1 Å². The maximum absolute atomic E-state index is 10.8. The number of methoxy groups -OCH3 is 1. The molecule has 11 heteroatoms. The summed E-state index contributed by atoms with van der Waals surface area (Å²) in [5.41, 5.74) is 10.9. The van der Waals surface area contributed by atoms with E-state index in [1.54, 1.807) is 32.7 Å². The van der Waals surface area contributed by atoms with E-state index in [1.165, 1.54) is 19.2 Å². The van der Waals surface area contributed by atoms with Gasteiger partial charge in [0.1, 0.15) is 12.1 Å². The van der Waals surface area contributed by atoms with Gasteiger partial charge in [0.15, 0.2) is 5.82 Å². The molecule has 1 aliphatic heterocycles. The highest BCUT2D eigenvalue weighted by Crippen LogP contribution is 2.29. The number of hydrogen-bond donors (Lipinski definition) is 3. The number of amides is 1. The molecule has 36 heavy (non-hydrogen) atoms. The number of H-pyrrole nitrogens is 1. The standard InChI is InChI=1S/C23H25ClN8O.C2H6O/c1-15-10-27-21(29-14-33)9-20(15)26-11-18(23-28-13-30-31-23)22(25)17-8-16(4-5-19(17)24)12-32-6-2-3-7-32;1-3-2/h4-5,8-11,13-14H,2-3,6-7,12,25H2,1H3,(H,27,29,33)(H,28,30,31);1-2H3/b22-18+,26-11?;. The molecular formula is C25H31ClN8O2. The number of ether oxygens (including phenoxy) is 1. The molecule has 3 heterocycles. The van der Waals surface area contributed by atoms with Crippen LogP contribution in [0.2, 0.25) is 5.02 Å². The lowest BCUT2D eigenvalue weighted by Crippen LogP contribution is -2.18. The fourth-order valence-corrected chi connectivity index (χ4v) is 3.96. The van der Waals surface area contributed by atoms with E-state index < -0.39 is 0 Å². The van der Waals surface area contributed by atoms with Crippen LogP contribution in [-0.4, -0.2) is 65.0 Å². The van der Waals surface area contributed by atoms with Gasteiger partial charge in [-0.05, 0) is 56.1 Å². The maximum atomic E-state index is 10.8. The highest BCUT2D eigenvalue weighted by atomic mass is 35.5. The highest BCUT2D eigenvalue weighted by Gasteiger charge is 2.16. The Balaban J connectivity index is 0.00000115. The van der Waals surface area contributed by atoms with E-state index in [-0.39, 0.29) is 0 Å². The van der Waals surface area contributed by atoms with Crippen LogP contribution >= 0.6 is 11.6 Å². The molecule has 0 saturated carbocycles. The van der Waals surface area contributed by atoms with Crippen LogP contribution in [0.15, 0.2) is 41.8 Å². The first kappa shape index (κ1) is 27.0. The molecule has 0 radical (unpaired) electrons. The molecule has 2 aromatic heterocycles. The second-order valence-corrected chi connectivity index (χ2v) is 8.65. The zero-order valence-electron chi connectivity index (χ0n) is 20.7. The summed E-state index contributed by atoms with van der Waals surface area (Å²) < 4.78 is 4.25. The largest absolute Gasteiger partial charge is 0.398 e. The van der Waals surface area contributed by atoms with Crippen molar-refractivity contribution >= 4 is 47.0 Å². The van der Waals surface area contributed by atoms with Gasteiger partial charge in [-0.2, -0.15) is 5.10 Å². The number of aryl methyl sites for hydroxylation is 1. The molecular weight excluding hydrogens is 480 g/mol. The number of hydrogen-bond acceptors (Lipinski definition) is 8. The monoisotopic (exact) mass is 510 g/mol. The molecule has 0 aliphatic carbocycles. The highest BCUT2D eigenvalue weighted by molar-refractivity contribution is 6.33. The van der Waals surface area contributed by atoms with Crippen molar-refractivity contribution in [2.45, 2.75) is 26.3 Å². The van der Waals surface area contributed by atoms with Crippen LogP contribution in [0.25, 0.3) is 11.3 Å². The molecule has 0 spiro atoms. The number of nitrogens with two attached hydrogens (primary N) is 1. The minimum Gasteiger partial charge on any atom is -0.398 e. The topological polar surface area (TPSA) is 134 Å². The number of carbonyl (C=O) groups is 1. The molecule has 0 bridgehead atoms. The number of pyridine rings is 1. The van der Waals surface area contributed by atoms with Gasteiger partial charge >= 0.3 is 0 Å². The molecule has 0 atom stereocenters. The predicted molar refractivity (Wildman–Crippen MR) is 143 cm³/mol. The van der Waals surface area contributed by atoms with E-state index in [2.05, 4.69) is 40.1 Å². The first-order valence-corrected chi connectivity index (χ1v) is 11.8. The average Bonchev–Trinajstić information content (AvgIpc) is 3.58. The van der Waals surface area contributed by atoms with Crippen LogP contribution in [0.4, 0.5) is 11.5 Å². The van der Waals surface area contributed by atoms with Gasteiger partial charge in [-0.1, -0.05) is 17.7 Å². The van der Waals surface area contributed by atoms with Crippen LogP contribution in [0.5, 0.6) is 0 Å².